The average Bonchev–Trinajstić information content (AvgIpc) is 3.20. The number of amides is 2. The number of nitrogens with zero attached hydrogens (tertiary/aromatic N) is 3. The Morgan fingerprint density at radius 3 is 2.50 bits per heavy atom. The van der Waals surface area contributed by atoms with E-state index in [0.29, 0.717) is 47.8 Å². The minimum atomic E-state index is -0.357. The van der Waals surface area contributed by atoms with Gasteiger partial charge in [-0.1, -0.05) is 12.1 Å². The Labute approximate surface area is 185 Å². The first kappa shape index (κ1) is 21.7. The van der Waals surface area contributed by atoms with E-state index in [-0.39, 0.29) is 23.5 Å². The summed E-state index contributed by atoms with van der Waals surface area (Å²) in [5.41, 5.74) is 3.14. The lowest BCUT2D eigenvalue weighted by Gasteiger charge is -2.31. The van der Waals surface area contributed by atoms with Gasteiger partial charge in [0.1, 0.15) is 17.1 Å². The second-order valence-corrected chi connectivity index (χ2v) is 7.91. The van der Waals surface area contributed by atoms with Crippen molar-refractivity contribution in [2.24, 2.45) is 0 Å². The van der Waals surface area contributed by atoms with Crippen molar-refractivity contribution in [2.45, 2.75) is 39.0 Å². The quantitative estimate of drug-likeness (QED) is 0.642. The molecule has 1 aromatic carbocycles. The van der Waals surface area contributed by atoms with Gasteiger partial charge in [0, 0.05) is 36.6 Å². The standard InChI is InChI=1S/C24H25FN4O3/c1-3-20-22(15(2)32-28-20)24(31)29-12-10-16(11-13-29)21-9-4-17(14-26-21)23(30)27-19-7-5-18(25)6-8-19/h4-9,14,16H,3,10-13H2,1-2H3,(H,27,30). The summed E-state index contributed by atoms with van der Waals surface area (Å²) < 4.78 is 18.2. The summed E-state index contributed by atoms with van der Waals surface area (Å²) in [6.07, 6.45) is 3.80. The van der Waals surface area contributed by atoms with Gasteiger partial charge in [0.2, 0.25) is 0 Å². The maximum absolute atomic E-state index is 13.0. The van der Waals surface area contributed by atoms with Gasteiger partial charge in [-0.05, 0) is 62.6 Å². The van der Waals surface area contributed by atoms with Crippen LogP contribution in [0.4, 0.5) is 10.1 Å². The van der Waals surface area contributed by atoms with Gasteiger partial charge in [-0.25, -0.2) is 4.39 Å². The zero-order valence-electron chi connectivity index (χ0n) is 18.1. The highest BCUT2D eigenvalue weighted by atomic mass is 19.1. The summed E-state index contributed by atoms with van der Waals surface area (Å²) in [5, 5.41) is 6.71. The number of pyridine rings is 1. The van der Waals surface area contributed by atoms with Gasteiger partial charge < -0.3 is 14.7 Å². The number of benzene rings is 1. The number of likely N-dealkylation sites (tertiary alicyclic amines) is 1. The Hall–Kier alpha value is -3.55. The summed E-state index contributed by atoms with van der Waals surface area (Å²) in [4.78, 5) is 31.7. The molecule has 4 rings (SSSR count). The minimum absolute atomic E-state index is 0.0279. The molecule has 8 heteroatoms. The molecular formula is C24H25FN4O3. The number of rotatable bonds is 5. The molecule has 166 valence electrons. The molecule has 0 bridgehead atoms. The van der Waals surface area contributed by atoms with E-state index in [4.69, 9.17) is 4.52 Å². The zero-order valence-corrected chi connectivity index (χ0v) is 18.1. The number of carbonyl (C=O) groups excluding carboxylic acids is 2. The second-order valence-electron chi connectivity index (χ2n) is 7.91. The number of aryl methyl sites for hydroxylation is 2. The third kappa shape index (κ3) is 4.54. The average molecular weight is 436 g/mol. The number of halogens is 1. The van der Waals surface area contributed by atoms with Crippen LogP contribution in [0.3, 0.4) is 0 Å². The molecule has 32 heavy (non-hydrogen) atoms. The monoisotopic (exact) mass is 436 g/mol. The maximum atomic E-state index is 13.0. The van der Waals surface area contributed by atoms with E-state index in [2.05, 4.69) is 15.5 Å². The summed E-state index contributed by atoms with van der Waals surface area (Å²) in [6, 6.07) is 9.21. The summed E-state index contributed by atoms with van der Waals surface area (Å²) in [5.74, 6) is 0.100. The van der Waals surface area contributed by atoms with Crippen LogP contribution < -0.4 is 5.32 Å². The lowest BCUT2D eigenvalue weighted by molar-refractivity contribution is 0.0709. The van der Waals surface area contributed by atoms with Crippen molar-refractivity contribution in [3.63, 3.8) is 0 Å². The van der Waals surface area contributed by atoms with Crippen molar-refractivity contribution in [2.75, 3.05) is 18.4 Å². The van der Waals surface area contributed by atoms with Gasteiger partial charge in [0.15, 0.2) is 0 Å². The van der Waals surface area contributed by atoms with Crippen LogP contribution in [0.15, 0.2) is 47.1 Å². The molecule has 0 aliphatic carbocycles. The number of hydrogen-bond donors (Lipinski definition) is 1. The number of hydrogen-bond acceptors (Lipinski definition) is 5. The van der Waals surface area contributed by atoms with E-state index in [1.54, 1.807) is 19.2 Å². The molecule has 1 fully saturated rings. The summed E-state index contributed by atoms with van der Waals surface area (Å²) in [6.45, 7) is 4.98. The largest absolute Gasteiger partial charge is 0.361 e. The maximum Gasteiger partial charge on any atom is 0.259 e. The third-order valence-corrected chi connectivity index (χ3v) is 5.83. The lowest BCUT2D eigenvalue weighted by atomic mass is 9.92. The van der Waals surface area contributed by atoms with Gasteiger partial charge in [0.25, 0.3) is 11.8 Å². The van der Waals surface area contributed by atoms with Crippen LogP contribution in [-0.4, -0.2) is 39.9 Å². The Kier molecular flexibility index (Phi) is 6.30. The zero-order chi connectivity index (χ0) is 22.7. The Balaban J connectivity index is 1.35. The molecule has 3 aromatic rings. The second kappa shape index (κ2) is 9.30. The van der Waals surface area contributed by atoms with Gasteiger partial charge in [-0.2, -0.15) is 0 Å². The minimum Gasteiger partial charge on any atom is -0.361 e. The fourth-order valence-electron chi connectivity index (χ4n) is 3.99. The number of carbonyl (C=O) groups is 2. The molecule has 3 heterocycles. The van der Waals surface area contributed by atoms with Gasteiger partial charge in [-0.15, -0.1) is 0 Å². The van der Waals surface area contributed by atoms with Crippen molar-refractivity contribution in [1.29, 1.82) is 0 Å². The smallest absolute Gasteiger partial charge is 0.259 e. The number of piperidine rings is 1. The molecule has 1 saturated heterocycles. The fraction of sp³-hybridized carbons (Fsp3) is 0.333. The fourth-order valence-corrected chi connectivity index (χ4v) is 3.99. The van der Waals surface area contributed by atoms with Crippen LogP contribution in [0.2, 0.25) is 0 Å². The predicted octanol–water partition coefficient (Wildman–Crippen LogP) is 4.35. The lowest BCUT2D eigenvalue weighted by Crippen LogP contribution is -2.38. The Morgan fingerprint density at radius 1 is 1.16 bits per heavy atom. The first-order chi connectivity index (χ1) is 15.5. The molecule has 0 radical (unpaired) electrons. The van der Waals surface area contributed by atoms with E-state index in [1.807, 2.05) is 17.9 Å². The van der Waals surface area contributed by atoms with E-state index in [9.17, 15) is 14.0 Å². The first-order valence-electron chi connectivity index (χ1n) is 10.7. The highest BCUT2D eigenvalue weighted by molar-refractivity contribution is 6.04. The summed E-state index contributed by atoms with van der Waals surface area (Å²) >= 11 is 0. The first-order valence-corrected chi connectivity index (χ1v) is 10.7. The Bertz CT molecular complexity index is 1100. The molecule has 1 aliphatic rings. The van der Waals surface area contributed by atoms with Gasteiger partial charge >= 0.3 is 0 Å². The van der Waals surface area contributed by atoms with Crippen LogP contribution >= 0.6 is 0 Å². The van der Waals surface area contributed by atoms with Crippen LogP contribution in [0, 0.1) is 12.7 Å². The molecule has 0 spiro atoms. The molecule has 1 N–H and O–H groups in total. The van der Waals surface area contributed by atoms with Crippen molar-refractivity contribution in [1.82, 2.24) is 15.0 Å². The van der Waals surface area contributed by atoms with Crippen LogP contribution in [0.25, 0.3) is 0 Å². The van der Waals surface area contributed by atoms with Gasteiger partial charge in [0.05, 0.1) is 11.3 Å². The van der Waals surface area contributed by atoms with Crippen molar-refractivity contribution < 1.29 is 18.5 Å². The van der Waals surface area contributed by atoms with E-state index in [0.717, 1.165) is 18.5 Å². The molecule has 2 amide bonds. The van der Waals surface area contributed by atoms with Crippen LogP contribution in [-0.2, 0) is 6.42 Å². The number of anilines is 1. The third-order valence-electron chi connectivity index (χ3n) is 5.83. The molecule has 0 saturated carbocycles. The van der Waals surface area contributed by atoms with Crippen molar-refractivity contribution in [3.8, 4) is 0 Å². The molecule has 7 nitrogen and oxygen atoms in total. The molecule has 1 aliphatic heterocycles. The van der Waals surface area contributed by atoms with E-state index >= 15 is 0 Å². The predicted molar refractivity (Wildman–Crippen MR) is 117 cm³/mol. The summed E-state index contributed by atoms with van der Waals surface area (Å²) in [7, 11) is 0. The van der Waals surface area contributed by atoms with Crippen molar-refractivity contribution in [3.05, 3.63) is 76.7 Å². The highest BCUT2D eigenvalue weighted by Crippen LogP contribution is 2.28. The van der Waals surface area contributed by atoms with E-state index < -0.39 is 0 Å². The number of nitrogens with one attached hydrogen (secondary N) is 1. The molecule has 0 unspecified atom stereocenters. The number of aromatic nitrogens is 2. The molecular weight excluding hydrogens is 411 g/mol. The van der Waals surface area contributed by atoms with E-state index in [1.165, 1.54) is 24.3 Å². The van der Waals surface area contributed by atoms with Gasteiger partial charge in [-0.3, -0.25) is 14.6 Å². The van der Waals surface area contributed by atoms with Crippen LogP contribution in [0.1, 0.15) is 63.5 Å². The molecule has 0 atom stereocenters. The topological polar surface area (TPSA) is 88.3 Å². The highest BCUT2D eigenvalue weighted by Gasteiger charge is 2.29. The SMILES string of the molecule is CCc1noc(C)c1C(=O)N1CCC(c2ccc(C(=O)Nc3ccc(F)cc3)cn2)CC1. The van der Waals surface area contributed by atoms with Crippen LogP contribution in [0.5, 0.6) is 0 Å². The van der Waals surface area contributed by atoms with Crippen molar-refractivity contribution >= 4 is 17.5 Å². The Morgan fingerprint density at radius 2 is 1.88 bits per heavy atom. The normalized spacial score (nSPS) is 14.4. The molecule has 2 aromatic heterocycles.